The Bertz CT molecular complexity index is 267. The SMILES string of the molecule is CNCCCn1ccnc1CCN(C)C. The molecule has 0 atom stereocenters. The Morgan fingerprint density at radius 1 is 1.47 bits per heavy atom. The summed E-state index contributed by atoms with van der Waals surface area (Å²) in [5, 5.41) is 3.16. The predicted octanol–water partition coefficient (Wildman–Crippen LogP) is 0.597. The standard InChI is InChI=1S/C11H22N4/c1-12-6-4-8-15-10-7-13-11(15)5-9-14(2)3/h7,10,12H,4-6,8-9H2,1-3H3. The van der Waals surface area contributed by atoms with Crippen molar-refractivity contribution < 1.29 is 0 Å². The van der Waals surface area contributed by atoms with Crippen LogP contribution in [0.15, 0.2) is 12.4 Å². The van der Waals surface area contributed by atoms with E-state index in [0.29, 0.717) is 0 Å². The molecular weight excluding hydrogens is 188 g/mol. The fourth-order valence-corrected chi connectivity index (χ4v) is 1.52. The summed E-state index contributed by atoms with van der Waals surface area (Å²) in [5.74, 6) is 1.19. The summed E-state index contributed by atoms with van der Waals surface area (Å²) in [6.07, 6.45) is 6.15. The van der Waals surface area contributed by atoms with Crippen molar-refractivity contribution in [2.45, 2.75) is 19.4 Å². The minimum atomic E-state index is 1.03. The van der Waals surface area contributed by atoms with E-state index in [4.69, 9.17) is 0 Å². The van der Waals surface area contributed by atoms with Gasteiger partial charge in [0, 0.05) is 31.9 Å². The largest absolute Gasteiger partial charge is 0.335 e. The molecule has 1 N–H and O–H groups in total. The maximum Gasteiger partial charge on any atom is 0.109 e. The second kappa shape index (κ2) is 6.58. The summed E-state index contributed by atoms with van der Waals surface area (Å²) >= 11 is 0. The van der Waals surface area contributed by atoms with Gasteiger partial charge in [-0.05, 0) is 34.1 Å². The maximum absolute atomic E-state index is 4.38. The van der Waals surface area contributed by atoms with Gasteiger partial charge in [0.05, 0.1) is 0 Å². The van der Waals surface area contributed by atoms with Gasteiger partial charge < -0.3 is 14.8 Å². The highest BCUT2D eigenvalue weighted by atomic mass is 15.1. The van der Waals surface area contributed by atoms with Gasteiger partial charge in [0.1, 0.15) is 5.82 Å². The summed E-state index contributed by atoms with van der Waals surface area (Å²) in [7, 11) is 6.17. The smallest absolute Gasteiger partial charge is 0.109 e. The molecule has 4 nitrogen and oxygen atoms in total. The van der Waals surface area contributed by atoms with Crippen molar-refractivity contribution in [3.8, 4) is 0 Å². The lowest BCUT2D eigenvalue weighted by molar-refractivity contribution is 0.405. The van der Waals surface area contributed by atoms with Crippen LogP contribution in [0.1, 0.15) is 12.2 Å². The van der Waals surface area contributed by atoms with E-state index in [9.17, 15) is 0 Å². The molecule has 0 bridgehead atoms. The minimum absolute atomic E-state index is 1.03. The first-order valence-corrected chi connectivity index (χ1v) is 5.53. The molecule has 0 aromatic carbocycles. The highest BCUT2D eigenvalue weighted by Crippen LogP contribution is 2.00. The zero-order valence-corrected chi connectivity index (χ0v) is 10.0. The van der Waals surface area contributed by atoms with Gasteiger partial charge in [-0.3, -0.25) is 0 Å². The van der Waals surface area contributed by atoms with Crippen LogP contribution in [-0.2, 0) is 13.0 Å². The third kappa shape index (κ3) is 4.44. The Labute approximate surface area is 92.3 Å². The van der Waals surface area contributed by atoms with Crippen LogP contribution in [-0.4, -0.2) is 48.7 Å². The number of aromatic nitrogens is 2. The molecule has 1 aromatic rings. The van der Waals surface area contributed by atoms with Crippen molar-refractivity contribution >= 4 is 0 Å². The first-order chi connectivity index (χ1) is 7.24. The van der Waals surface area contributed by atoms with Gasteiger partial charge in [-0.15, -0.1) is 0 Å². The first kappa shape index (κ1) is 12.2. The van der Waals surface area contributed by atoms with Crippen molar-refractivity contribution in [1.29, 1.82) is 0 Å². The first-order valence-electron chi connectivity index (χ1n) is 5.53. The Balaban J connectivity index is 2.39. The molecule has 0 radical (unpaired) electrons. The molecule has 0 unspecified atom stereocenters. The van der Waals surface area contributed by atoms with Crippen molar-refractivity contribution in [1.82, 2.24) is 19.8 Å². The van der Waals surface area contributed by atoms with Gasteiger partial charge in [-0.2, -0.15) is 0 Å². The summed E-state index contributed by atoms with van der Waals surface area (Å²) in [4.78, 5) is 6.57. The van der Waals surface area contributed by atoms with E-state index in [1.54, 1.807) is 0 Å². The van der Waals surface area contributed by atoms with Crippen molar-refractivity contribution in [2.75, 3.05) is 34.2 Å². The van der Waals surface area contributed by atoms with E-state index in [1.165, 1.54) is 5.82 Å². The lowest BCUT2D eigenvalue weighted by atomic mass is 10.3. The fraction of sp³-hybridized carbons (Fsp3) is 0.727. The lowest BCUT2D eigenvalue weighted by Gasteiger charge is -2.11. The summed E-state index contributed by atoms with van der Waals surface area (Å²) in [6.45, 7) is 3.18. The van der Waals surface area contributed by atoms with Crippen molar-refractivity contribution in [3.63, 3.8) is 0 Å². The third-order valence-electron chi connectivity index (χ3n) is 2.41. The molecular formula is C11H22N4. The highest BCUT2D eigenvalue weighted by molar-refractivity contribution is 4.93. The molecule has 86 valence electrons. The third-order valence-corrected chi connectivity index (χ3v) is 2.41. The van der Waals surface area contributed by atoms with Crippen LogP contribution in [0.2, 0.25) is 0 Å². The molecule has 1 aromatic heterocycles. The monoisotopic (exact) mass is 210 g/mol. The average Bonchev–Trinajstić information content (AvgIpc) is 2.63. The minimum Gasteiger partial charge on any atom is -0.335 e. The van der Waals surface area contributed by atoms with Gasteiger partial charge in [-0.25, -0.2) is 4.98 Å². The van der Waals surface area contributed by atoms with Crippen LogP contribution in [0.25, 0.3) is 0 Å². The zero-order chi connectivity index (χ0) is 11.1. The average molecular weight is 210 g/mol. The van der Waals surface area contributed by atoms with Gasteiger partial charge in [0.15, 0.2) is 0 Å². The fourth-order valence-electron chi connectivity index (χ4n) is 1.52. The van der Waals surface area contributed by atoms with E-state index in [1.807, 2.05) is 13.2 Å². The van der Waals surface area contributed by atoms with Crippen molar-refractivity contribution in [2.24, 2.45) is 0 Å². The summed E-state index contributed by atoms with van der Waals surface area (Å²) in [6, 6.07) is 0. The van der Waals surface area contributed by atoms with Crippen LogP contribution in [0.3, 0.4) is 0 Å². The molecule has 0 aliphatic rings. The zero-order valence-electron chi connectivity index (χ0n) is 10.0. The van der Waals surface area contributed by atoms with Gasteiger partial charge in [-0.1, -0.05) is 0 Å². The van der Waals surface area contributed by atoms with Crippen LogP contribution in [0.5, 0.6) is 0 Å². The van der Waals surface area contributed by atoms with Crippen LogP contribution in [0.4, 0.5) is 0 Å². The maximum atomic E-state index is 4.38. The molecule has 4 heteroatoms. The van der Waals surface area contributed by atoms with Gasteiger partial charge in [0.25, 0.3) is 0 Å². The Morgan fingerprint density at radius 2 is 2.27 bits per heavy atom. The Morgan fingerprint density at radius 3 is 2.93 bits per heavy atom. The highest BCUT2D eigenvalue weighted by Gasteiger charge is 2.02. The lowest BCUT2D eigenvalue weighted by Crippen LogP contribution is -2.18. The molecule has 0 aliphatic heterocycles. The number of aryl methyl sites for hydroxylation is 1. The number of nitrogens with zero attached hydrogens (tertiary/aromatic N) is 3. The van der Waals surface area contributed by atoms with Crippen LogP contribution < -0.4 is 5.32 Å². The second-order valence-corrected chi connectivity index (χ2v) is 4.05. The van der Waals surface area contributed by atoms with Gasteiger partial charge >= 0.3 is 0 Å². The number of hydrogen-bond donors (Lipinski definition) is 1. The Hall–Kier alpha value is -0.870. The van der Waals surface area contributed by atoms with Gasteiger partial charge in [0.2, 0.25) is 0 Å². The van der Waals surface area contributed by atoms with E-state index in [-0.39, 0.29) is 0 Å². The summed E-state index contributed by atoms with van der Waals surface area (Å²) < 4.78 is 2.25. The van der Waals surface area contributed by atoms with Crippen molar-refractivity contribution in [3.05, 3.63) is 18.2 Å². The molecule has 0 saturated carbocycles. The summed E-state index contributed by atoms with van der Waals surface area (Å²) in [5.41, 5.74) is 0. The number of hydrogen-bond acceptors (Lipinski definition) is 3. The Kier molecular flexibility index (Phi) is 5.36. The molecule has 0 fully saturated rings. The van der Waals surface area contributed by atoms with E-state index in [0.717, 1.165) is 32.5 Å². The number of likely N-dealkylation sites (N-methyl/N-ethyl adjacent to an activating group) is 1. The number of nitrogens with one attached hydrogen (secondary N) is 1. The molecule has 0 spiro atoms. The molecule has 0 aliphatic carbocycles. The number of imidazole rings is 1. The normalized spacial score (nSPS) is 11.2. The predicted molar refractivity (Wildman–Crippen MR) is 63.0 cm³/mol. The molecule has 1 heterocycles. The number of rotatable bonds is 7. The molecule has 15 heavy (non-hydrogen) atoms. The van der Waals surface area contributed by atoms with E-state index < -0.39 is 0 Å². The quantitative estimate of drug-likeness (QED) is 0.669. The topological polar surface area (TPSA) is 33.1 Å². The molecule has 1 rings (SSSR count). The van der Waals surface area contributed by atoms with E-state index in [2.05, 4.69) is 40.1 Å². The second-order valence-electron chi connectivity index (χ2n) is 4.05. The molecule has 0 saturated heterocycles. The van der Waals surface area contributed by atoms with E-state index >= 15 is 0 Å². The van der Waals surface area contributed by atoms with Crippen LogP contribution in [0, 0.1) is 0 Å². The molecule has 0 amide bonds. The van der Waals surface area contributed by atoms with Crippen LogP contribution >= 0.6 is 0 Å².